The van der Waals surface area contributed by atoms with E-state index in [9.17, 15) is 0 Å². The Hall–Kier alpha value is -0.720. The van der Waals surface area contributed by atoms with E-state index >= 15 is 0 Å². The highest BCUT2D eigenvalue weighted by atomic mass is 16.5. The molecule has 1 nitrogen and oxygen atoms in total. The van der Waals surface area contributed by atoms with E-state index in [1.807, 2.05) is 0 Å². The minimum atomic E-state index is 0.355. The molecule has 0 N–H and O–H groups in total. The average molecular weight is 164 g/mol. The van der Waals surface area contributed by atoms with Crippen LogP contribution in [0.5, 0.6) is 0 Å². The van der Waals surface area contributed by atoms with Crippen LogP contribution in [-0.2, 0) is 4.74 Å². The van der Waals surface area contributed by atoms with Crippen molar-refractivity contribution < 1.29 is 4.74 Å². The standard InChI is InChI=1S/C11H16O/c1-11(2)6-3-9-5-8-12-10(9)4-7-11/h4,7H,3,5-6,8H2,1-2H3. The summed E-state index contributed by atoms with van der Waals surface area (Å²) in [5.74, 6) is 1.15. The summed E-state index contributed by atoms with van der Waals surface area (Å²) in [6.07, 6.45) is 8.06. The largest absolute Gasteiger partial charge is 0.493 e. The molecule has 1 aliphatic carbocycles. The van der Waals surface area contributed by atoms with Gasteiger partial charge in [-0.3, -0.25) is 0 Å². The van der Waals surface area contributed by atoms with Crippen LogP contribution in [0.15, 0.2) is 23.5 Å². The predicted octanol–water partition coefficient (Wildman–Crippen LogP) is 3.04. The number of hydrogen-bond donors (Lipinski definition) is 0. The summed E-state index contributed by atoms with van der Waals surface area (Å²) >= 11 is 0. The Morgan fingerprint density at radius 3 is 3.00 bits per heavy atom. The first-order chi connectivity index (χ1) is 5.67. The lowest BCUT2D eigenvalue weighted by Crippen LogP contribution is -2.06. The van der Waals surface area contributed by atoms with E-state index in [0.29, 0.717) is 5.41 Å². The second kappa shape index (κ2) is 2.65. The molecular formula is C11H16O. The molecule has 0 bridgehead atoms. The van der Waals surface area contributed by atoms with E-state index in [1.54, 1.807) is 0 Å². The Morgan fingerprint density at radius 2 is 2.17 bits per heavy atom. The SMILES string of the molecule is CC1(C)C=CC2=C(CCO2)CC1. The molecule has 0 radical (unpaired) electrons. The van der Waals surface area contributed by atoms with Crippen LogP contribution >= 0.6 is 0 Å². The summed E-state index contributed by atoms with van der Waals surface area (Å²) in [7, 11) is 0. The first kappa shape index (κ1) is 7.90. The lowest BCUT2D eigenvalue weighted by Gasteiger charge is -2.18. The molecule has 0 saturated carbocycles. The van der Waals surface area contributed by atoms with Crippen molar-refractivity contribution in [2.45, 2.75) is 33.1 Å². The predicted molar refractivity (Wildman–Crippen MR) is 49.8 cm³/mol. The maximum absolute atomic E-state index is 5.52. The van der Waals surface area contributed by atoms with Crippen LogP contribution in [0, 0.1) is 5.41 Å². The zero-order valence-electron chi connectivity index (χ0n) is 7.89. The molecule has 0 aromatic rings. The third-order valence-corrected chi connectivity index (χ3v) is 2.77. The molecule has 0 aromatic heterocycles. The number of rotatable bonds is 0. The molecule has 0 amide bonds. The summed E-state index contributed by atoms with van der Waals surface area (Å²) in [6.45, 7) is 5.47. The molecule has 1 heteroatoms. The van der Waals surface area contributed by atoms with E-state index in [2.05, 4.69) is 26.0 Å². The minimum Gasteiger partial charge on any atom is -0.493 e. The van der Waals surface area contributed by atoms with Crippen LogP contribution in [0.4, 0.5) is 0 Å². The topological polar surface area (TPSA) is 9.23 Å². The monoisotopic (exact) mass is 164 g/mol. The van der Waals surface area contributed by atoms with Crippen LogP contribution in [-0.4, -0.2) is 6.61 Å². The van der Waals surface area contributed by atoms with Gasteiger partial charge in [-0.1, -0.05) is 19.9 Å². The van der Waals surface area contributed by atoms with E-state index in [-0.39, 0.29) is 0 Å². The fourth-order valence-electron chi connectivity index (χ4n) is 1.78. The fraction of sp³-hybridized carbons (Fsp3) is 0.636. The number of hydrogen-bond acceptors (Lipinski definition) is 1. The quantitative estimate of drug-likeness (QED) is 0.534. The van der Waals surface area contributed by atoms with Gasteiger partial charge in [0.1, 0.15) is 5.76 Å². The normalized spacial score (nSPS) is 26.5. The molecule has 2 aliphatic rings. The van der Waals surface area contributed by atoms with Gasteiger partial charge in [-0.25, -0.2) is 0 Å². The molecule has 0 fully saturated rings. The van der Waals surface area contributed by atoms with Crippen LogP contribution in [0.3, 0.4) is 0 Å². The second-order valence-corrected chi connectivity index (χ2v) is 4.39. The first-order valence-corrected chi connectivity index (χ1v) is 4.71. The van der Waals surface area contributed by atoms with Crippen LogP contribution in [0.2, 0.25) is 0 Å². The van der Waals surface area contributed by atoms with Crippen molar-refractivity contribution in [2.24, 2.45) is 5.41 Å². The van der Waals surface area contributed by atoms with Gasteiger partial charge in [-0.05, 0) is 29.9 Å². The van der Waals surface area contributed by atoms with Crippen molar-refractivity contribution in [1.82, 2.24) is 0 Å². The molecule has 0 unspecified atom stereocenters. The van der Waals surface area contributed by atoms with Crippen LogP contribution < -0.4 is 0 Å². The first-order valence-electron chi connectivity index (χ1n) is 4.71. The van der Waals surface area contributed by atoms with Crippen LogP contribution in [0.25, 0.3) is 0 Å². The van der Waals surface area contributed by atoms with E-state index in [1.165, 1.54) is 18.4 Å². The van der Waals surface area contributed by atoms with Gasteiger partial charge >= 0.3 is 0 Å². The van der Waals surface area contributed by atoms with E-state index in [0.717, 1.165) is 18.8 Å². The lowest BCUT2D eigenvalue weighted by molar-refractivity contribution is 0.256. The van der Waals surface area contributed by atoms with Gasteiger partial charge in [0.25, 0.3) is 0 Å². The minimum absolute atomic E-state index is 0.355. The summed E-state index contributed by atoms with van der Waals surface area (Å²) in [4.78, 5) is 0. The Labute approximate surface area is 74.1 Å². The van der Waals surface area contributed by atoms with Crippen molar-refractivity contribution in [3.63, 3.8) is 0 Å². The van der Waals surface area contributed by atoms with Gasteiger partial charge in [0.05, 0.1) is 6.61 Å². The maximum Gasteiger partial charge on any atom is 0.118 e. The van der Waals surface area contributed by atoms with Crippen molar-refractivity contribution in [3.05, 3.63) is 23.5 Å². The van der Waals surface area contributed by atoms with Gasteiger partial charge in [0.15, 0.2) is 0 Å². The molecule has 66 valence electrons. The molecule has 1 heterocycles. The molecule has 0 atom stereocenters. The summed E-state index contributed by atoms with van der Waals surface area (Å²) < 4.78 is 5.52. The Morgan fingerprint density at radius 1 is 1.33 bits per heavy atom. The zero-order valence-corrected chi connectivity index (χ0v) is 7.89. The molecule has 12 heavy (non-hydrogen) atoms. The number of ether oxygens (including phenoxy) is 1. The highest BCUT2D eigenvalue weighted by Gasteiger charge is 2.22. The van der Waals surface area contributed by atoms with Crippen LogP contribution in [0.1, 0.15) is 33.1 Å². The second-order valence-electron chi connectivity index (χ2n) is 4.39. The third-order valence-electron chi connectivity index (χ3n) is 2.77. The molecular weight excluding hydrogens is 148 g/mol. The highest BCUT2D eigenvalue weighted by molar-refractivity contribution is 5.27. The summed E-state index contributed by atoms with van der Waals surface area (Å²) in [5, 5.41) is 0. The number of allylic oxidation sites excluding steroid dienone is 2. The highest BCUT2D eigenvalue weighted by Crippen LogP contribution is 2.35. The van der Waals surface area contributed by atoms with E-state index < -0.39 is 0 Å². The third kappa shape index (κ3) is 1.40. The van der Waals surface area contributed by atoms with Gasteiger partial charge < -0.3 is 4.74 Å². The van der Waals surface area contributed by atoms with Crippen molar-refractivity contribution in [1.29, 1.82) is 0 Å². The Balaban J connectivity index is 2.21. The lowest BCUT2D eigenvalue weighted by atomic mass is 9.87. The van der Waals surface area contributed by atoms with E-state index in [4.69, 9.17) is 4.74 Å². The van der Waals surface area contributed by atoms with Crippen molar-refractivity contribution >= 4 is 0 Å². The van der Waals surface area contributed by atoms with Gasteiger partial charge in [-0.15, -0.1) is 0 Å². The van der Waals surface area contributed by atoms with Crippen molar-refractivity contribution in [2.75, 3.05) is 6.61 Å². The molecule has 1 aliphatic heterocycles. The summed E-state index contributed by atoms with van der Waals surface area (Å²) in [6, 6.07) is 0. The summed E-state index contributed by atoms with van der Waals surface area (Å²) in [5.41, 5.74) is 1.88. The smallest absolute Gasteiger partial charge is 0.118 e. The molecule has 2 rings (SSSR count). The Bertz CT molecular complexity index is 246. The fourth-order valence-corrected chi connectivity index (χ4v) is 1.78. The maximum atomic E-state index is 5.52. The van der Waals surface area contributed by atoms with Gasteiger partial charge in [-0.2, -0.15) is 0 Å². The molecule has 0 spiro atoms. The Kier molecular flexibility index (Phi) is 1.75. The van der Waals surface area contributed by atoms with Gasteiger partial charge in [0, 0.05) is 6.42 Å². The molecule has 0 aromatic carbocycles. The van der Waals surface area contributed by atoms with Crippen molar-refractivity contribution in [3.8, 4) is 0 Å². The average Bonchev–Trinajstić information content (AvgIpc) is 2.40. The molecule has 0 saturated heterocycles. The zero-order chi connectivity index (χ0) is 8.60. The van der Waals surface area contributed by atoms with Gasteiger partial charge in [0.2, 0.25) is 0 Å².